The van der Waals surface area contributed by atoms with Crippen LogP contribution in [0, 0.1) is 28.4 Å². The molecule has 22 heavy (non-hydrogen) atoms. The van der Waals surface area contributed by atoms with E-state index in [0.717, 1.165) is 0 Å². The van der Waals surface area contributed by atoms with Crippen LogP contribution in [0.25, 0.3) is 0 Å². The Morgan fingerprint density at radius 2 is 2.09 bits per heavy atom. The molecule has 6 heteroatoms. The minimum atomic E-state index is -0.648. The molecule has 0 saturated carbocycles. The van der Waals surface area contributed by atoms with Gasteiger partial charge in [-0.25, -0.2) is 4.79 Å². The van der Waals surface area contributed by atoms with Gasteiger partial charge in [-0.2, -0.15) is 5.26 Å². The number of ether oxygens (including phenoxy) is 1. The summed E-state index contributed by atoms with van der Waals surface area (Å²) in [5, 5.41) is 19.7. The third-order valence-corrected chi connectivity index (χ3v) is 3.07. The Bertz CT molecular complexity index is 778. The number of rotatable bonds is 4. The molecule has 0 saturated heterocycles. The van der Waals surface area contributed by atoms with E-state index in [0.29, 0.717) is 16.7 Å². The first-order valence-corrected chi connectivity index (χ1v) is 6.42. The Balaban J connectivity index is 2.11. The van der Waals surface area contributed by atoms with Gasteiger partial charge in [0, 0.05) is 11.6 Å². The number of nitro groups is 1. The lowest BCUT2D eigenvalue weighted by atomic mass is 10.1. The number of carbonyl (C=O) groups excluding carboxylic acids is 1. The molecule has 110 valence electrons. The van der Waals surface area contributed by atoms with Gasteiger partial charge in [-0.3, -0.25) is 10.1 Å². The molecule has 2 rings (SSSR count). The number of nitro benzene ring substituents is 1. The van der Waals surface area contributed by atoms with Crippen molar-refractivity contribution in [1.82, 2.24) is 0 Å². The highest BCUT2D eigenvalue weighted by molar-refractivity contribution is 5.90. The molecular weight excluding hydrogens is 284 g/mol. The van der Waals surface area contributed by atoms with Gasteiger partial charge in [-0.05, 0) is 30.7 Å². The maximum Gasteiger partial charge on any atom is 0.338 e. The van der Waals surface area contributed by atoms with Gasteiger partial charge in [-0.1, -0.05) is 18.2 Å². The zero-order valence-electron chi connectivity index (χ0n) is 11.8. The SMILES string of the molecule is Cc1ccc(C(=O)OCc2cccc(C#N)c2)cc1[N+](=O)[O-]. The fraction of sp³-hybridized carbons (Fsp3) is 0.125. The lowest BCUT2D eigenvalue weighted by Crippen LogP contribution is -2.06. The Kier molecular flexibility index (Phi) is 4.49. The van der Waals surface area contributed by atoms with E-state index in [2.05, 4.69) is 0 Å². The van der Waals surface area contributed by atoms with Crippen molar-refractivity contribution in [2.24, 2.45) is 0 Å². The molecular formula is C16H12N2O4. The van der Waals surface area contributed by atoms with Crippen molar-refractivity contribution in [3.63, 3.8) is 0 Å². The van der Waals surface area contributed by atoms with Crippen molar-refractivity contribution in [3.05, 3.63) is 74.8 Å². The first-order chi connectivity index (χ1) is 10.5. The quantitative estimate of drug-likeness (QED) is 0.491. The van der Waals surface area contributed by atoms with E-state index in [4.69, 9.17) is 10.00 Å². The van der Waals surface area contributed by atoms with Crippen LogP contribution >= 0.6 is 0 Å². The lowest BCUT2D eigenvalue weighted by molar-refractivity contribution is -0.385. The molecule has 0 unspecified atom stereocenters. The van der Waals surface area contributed by atoms with Crippen LogP contribution < -0.4 is 0 Å². The van der Waals surface area contributed by atoms with E-state index < -0.39 is 10.9 Å². The number of esters is 1. The fourth-order valence-corrected chi connectivity index (χ4v) is 1.90. The summed E-state index contributed by atoms with van der Waals surface area (Å²) in [6.45, 7) is 1.59. The highest BCUT2D eigenvalue weighted by Gasteiger charge is 2.15. The van der Waals surface area contributed by atoms with Gasteiger partial charge in [0.2, 0.25) is 0 Å². The zero-order chi connectivity index (χ0) is 16.1. The van der Waals surface area contributed by atoms with Crippen LogP contribution in [-0.4, -0.2) is 10.9 Å². The second-order valence-electron chi connectivity index (χ2n) is 4.65. The Morgan fingerprint density at radius 3 is 2.77 bits per heavy atom. The molecule has 0 bridgehead atoms. The molecule has 0 aromatic heterocycles. The van der Waals surface area contributed by atoms with Gasteiger partial charge in [0.05, 0.1) is 22.1 Å². The highest BCUT2D eigenvalue weighted by Crippen LogP contribution is 2.20. The third kappa shape index (κ3) is 3.46. The van der Waals surface area contributed by atoms with E-state index in [1.807, 2.05) is 6.07 Å². The molecule has 0 heterocycles. The average Bonchev–Trinajstić information content (AvgIpc) is 2.53. The third-order valence-electron chi connectivity index (χ3n) is 3.07. The summed E-state index contributed by atoms with van der Waals surface area (Å²) in [6.07, 6.45) is 0. The van der Waals surface area contributed by atoms with E-state index >= 15 is 0 Å². The summed E-state index contributed by atoms with van der Waals surface area (Å²) in [5.74, 6) is -0.648. The average molecular weight is 296 g/mol. The number of carbonyl (C=O) groups is 1. The summed E-state index contributed by atoms with van der Waals surface area (Å²) >= 11 is 0. The van der Waals surface area contributed by atoms with Crippen LogP contribution in [0.2, 0.25) is 0 Å². The second-order valence-corrected chi connectivity index (χ2v) is 4.65. The van der Waals surface area contributed by atoms with Crippen molar-refractivity contribution in [3.8, 4) is 6.07 Å². The molecule has 0 fully saturated rings. The van der Waals surface area contributed by atoms with Gasteiger partial charge in [-0.15, -0.1) is 0 Å². The maximum absolute atomic E-state index is 11.9. The number of benzene rings is 2. The minimum Gasteiger partial charge on any atom is -0.457 e. The van der Waals surface area contributed by atoms with Crippen LogP contribution in [0.15, 0.2) is 42.5 Å². The Labute approximate surface area is 126 Å². The van der Waals surface area contributed by atoms with E-state index in [9.17, 15) is 14.9 Å². The van der Waals surface area contributed by atoms with Gasteiger partial charge in [0.25, 0.3) is 5.69 Å². The molecule has 0 radical (unpaired) electrons. The predicted molar refractivity (Wildman–Crippen MR) is 78.1 cm³/mol. The molecule has 2 aromatic carbocycles. The monoisotopic (exact) mass is 296 g/mol. The van der Waals surface area contributed by atoms with Crippen molar-refractivity contribution >= 4 is 11.7 Å². The van der Waals surface area contributed by atoms with Crippen LogP contribution in [0.4, 0.5) is 5.69 Å². The molecule has 0 atom stereocenters. The summed E-state index contributed by atoms with van der Waals surface area (Å²) in [6, 6.07) is 12.9. The number of nitriles is 1. The van der Waals surface area contributed by atoms with E-state index in [-0.39, 0.29) is 17.9 Å². The number of hydrogen-bond donors (Lipinski definition) is 0. The van der Waals surface area contributed by atoms with Crippen molar-refractivity contribution < 1.29 is 14.5 Å². The van der Waals surface area contributed by atoms with Crippen molar-refractivity contribution in [2.75, 3.05) is 0 Å². The van der Waals surface area contributed by atoms with Crippen LogP contribution in [-0.2, 0) is 11.3 Å². The highest BCUT2D eigenvalue weighted by atomic mass is 16.6. The molecule has 0 N–H and O–H groups in total. The van der Waals surface area contributed by atoms with Gasteiger partial charge in [0.1, 0.15) is 6.61 Å². The topological polar surface area (TPSA) is 93.2 Å². The summed E-state index contributed by atoms with van der Waals surface area (Å²) in [5.41, 5.74) is 1.62. The van der Waals surface area contributed by atoms with E-state index in [1.165, 1.54) is 18.2 Å². The first kappa shape index (κ1) is 15.2. The molecule has 0 spiro atoms. The number of nitrogens with zero attached hydrogens (tertiary/aromatic N) is 2. The number of hydrogen-bond acceptors (Lipinski definition) is 5. The normalized spacial score (nSPS) is 9.82. The van der Waals surface area contributed by atoms with Gasteiger partial charge >= 0.3 is 5.97 Å². The molecule has 0 aliphatic carbocycles. The molecule has 0 aliphatic heterocycles. The van der Waals surface area contributed by atoms with Gasteiger partial charge < -0.3 is 4.74 Å². The smallest absolute Gasteiger partial charge is 0.338 e. The standard InChI is InChI=1S/C16H12N2O4/c1-11-5-6-14(8-15(11)18(20)21)16(19)22-10-13-4-2-3-12(7-13)9-17/h2-8H,10H2,1H3. The second kappa shape index (κ2) is 6.50. The zero-order valence-corrected chi connectivity index (χ0v) is 11.8. The molecule has 0 amide bonds. The fourth-order valence-electron chi connectivity index (χ4n) is 1.90. The Hall–Kier alpha value is -3.20. The minimum absolute atomic E-state index is 0.00394. The van der Waals surface area contributed by atoms with Gasteiger partial charge in [0.15, 0.2) is 0 Å². The molecule has 6 nitrogen and oxygen atoms in total. The van der Waals surface area contributed by atoms with Crippen LogP contribution in [0.1, 0.15) is 27.0 Å². The lowest BCUT2D eigenvalue weighted by Gasteiger charge is -2.06. The first-order valence-electron chi connectivity index (χ1n) is 6.42. The van der Waals surface area contributed by atoms with Crippen LogP contribution in [0.5, 0.6) is 0 Å². The van der Waals surface area contributed by atoms with Crippen LogP contribution in [0.3, 0.4) is 0 Å². The predicted octanol–water partition coefficient (Wildman–Crippen LogP) is 3.13. The van der Waals surface area contributed by atoms with E-state index in [1.54, 1.807) is 31.2 Å². The summed E-state index contributed by atoms with van der Waals surface area (Å²) in [4.78, 5) is 22.3. The van der Waals surface area contributed by atoms with Crippen molar-refractivity contribution in [2.45, 2.75) is 13.5 Å². The van der Waals surface area contributed by atoms with Crippen molar-refractivity contribution in [1.29, 1.82) is 5.26 Å². The summed E-state index contributed by atoms with van der Waals surface area (Å²) < 4.78 is 5.12. The Morgan fingerprint density at radius 1 is 1.32 bits per heavy atom. The summed E-state index contributed by atoms with van der Waals surface area (Å²) in [7, 11) is 0. The largest absolute Gasteiger partial charge is 0.457 e. The number of aryl methyl sites for hydroxylation is 1. The molecule has 0 aliphatic rings. The maximum atomic E-state index is 11.9. The molecule has 2 aromatic rings.